The quantitative estimate of drug-likeness (QED) is 0.0679. The molecule has 0 atom stereocenters. The van der Waals surface area contributed by atoms with Crippen LogP contribution in [-0.2, 0) is 9.59 Å². The average Bonchev–Trinajstić information content (AvgIpc) is 2.96. The van der Waals surface area contributed by atoms with Gasteiger partial charge in [0.15, 0.2) is 11.5 Å². The molecule has 0 aliphatic heterocycles. The highest BCUT2D eigenvalue weighted by atomic mass is 79.9. The molecule has 0 aliphatic rings. The zero-order chi connectivity index (χ0) is 29.2. The third-order valence-corrected chi connectivity index (χ3v) is 6.63. The zero-order valence-electron chi connectivity index (χ0n) is 23.6. The van der Waals surface area contributed by atoms with Crippen LogP contribution in [-0.4, -0.2) is 44.8 Å². The third kappa shape index (κ3) is 12.2. The largest absolute Gasteiger partial charge is 0.493 e. The van der Waals surface area contributed by atoms with Gasteiger partial charge < -0.3 is 19.5 Å². The minimum atomic E-state index is -0.600. The Bertz CT molecular complexity index is 1140. The topological polar surface area (TPSA) is 115 Å². The highest BCUT2D eigenvalue weighted by Crippen LogP contribution is 2.29. The second-order valence-corrected chi connectivity index (χ2v) is 10.2. The summed E-state index contributed by atoms with van der Waals surface area (Å²) in [5, 5.41) is 6.57. The monoisotopic (exact) mass is 617 g/mol. The summed E-state index contributed by atoms with van der Waals surface area (Å²) in [4.78, 5) is 36.9. The lowest BCUT2D eigenvalue weighted by atomic mass is 10.1. The number of rotatable bonds is 18. The molecule has 2 N–H and O–H groups in total. The van der Waals surface area contributed by atoms with Crippen molar-refractivity contribution >= 4 is 39.9 Å². The van der Waals surface area contributed by atoms with E-state index in [0.717, 1.165) is 23.7 Å². The molecule has 0 aromatic heterocycles. The molecule has 0 saturated carbocycles. The molecule has 0 radical (unpaired) electrons. The summed E-state index contributed by atoms with van der Waals surface area (Å²) in [7, 11) is 2.99. The number of ether oxygens (including phenoxy) is 3. The summed E-state index contributed by atoms with van der Waals surface area (Å²) in [6.07, 6.45) is 12.4. The molecule has 0 aliphatic carbocycles. The molecule has 2 rings (SSSR count). The fourth-order valence-corrected chi connectivity index (χ4v) is 4.29. The van der Waals surface area contributed by atoms with E-state index < -0.39 is 11.9 Å². The molecular formula is C30H40BrN3O6. The van der Waals surface area contributed by atoms with Crippen LogP contribution in [0.15, 0.2) is 46.0 Å². The first-order chi connectivity index (χ1) is 19.4. The maximum Gasteiger partial charge on any atom is 0.343 e. The number of benzene rings is 2. The predicted molar refractivity (Wildman–Crippen MR) is 159 cm³/mol. The van der Waals surface area contributed by atoms with Crippen molar-refractivity contribution in [3.05, 3.63) is 52.0 Å². The van der Waals surface area contributed by atoms with E-state index in [2.05, 4.69) is 38.7 Å². The van der Waals surface area contributed by atoms with Gasteiger partial charge in [0.2, 0.25) is 5.91 Å². The van der Waals surface area contributed by atoms with Gasteiger partial charge in [0.05, 0.1) is 32.5 Å². The standard InChI is InChI=1S/C30H40BrN3O6/c1-4-5-6-7-8-9-10-11-12-13-28(35)32-21-29(36)34-33-20-23-18-24(31)15-17-25(23)40-30(37)22-14-16-26(38-2)27(19-22)39-3/h14-20H,4-13,21H2,1-3H3,(H,32,35)(H,34,36)/b33-20-. The molecule has 218 valence electrons. The number of methoxy groups -OCH3 is 2. The lowest BCUT2D eigenvalue weighted by Gasteiger charge is -2.11. The fraction of sp³-hybridized carbons (Fsp3) is 0.467. The van der Waals surface area contributed by atoms with Crippen LogP contribution in [0.5, 0.6) is 17.2 Å². The minimum absolute atomic E-state index is 0.154. The number of carbonyl (C=O) groups excluding carboxylic acids is 3. The van der Waals surface area contributed by atoms with Gasteiger partial charge in [-0.1, -0.05) is 74.2 Å². The summed E-state index contributed by atoms with van der Waals surface area (Å²) < 4.78 is 16.7. The van der Waals surface area contributed by atoms with Crippen molar-refractivity contribution in [3.63, 3.8) is 0 Å². The van der Waals surface area contributed by atoms with Crippen molar-refractivity contribution in [1.29, 1.82) is 0 Å². The SMILES string of the molecule is CCCCCCCCCCCC(=O)NCC(=O)N/N=C\c1cc(Br)ccc1OC(=O)c1ccc(OC)c(OC)c1. The van der Waals surface area contributed by atoms with Crippen molar-refractivity contribution in [3.8, 4) is 17.2 Å². The first kappa shape index (κ1) is 32.8. The number of halogens is 1. The number of nitrogens with zero attached hydrogens (tertiary/aromatic N) is 1. The van der Waals surface area contributed by atoms with Gasteiger partial charge in [-0.05, 0) is 42.8 Å². The molecule has 10 heteroatoms. The van der Waals surface area contributed by atoms with Gasteiger partial charge in [0.25, 0.3) is 5.91 Å². The van der Waals surface area contributed by atoms with E-state index in [1.807, 2.05) is 0 Å². The highest BCUT2D eigenvalue weighted by Gasteiger charge is 2.15. The number of hydrogen-bond acceptors (Lipinski definition) is 7. The van der Waals surface area contributed by atoms with Crippen LogP contribution < -0.4 is 25.0 Å². The van der Waals surface area contributed by atoms with Crippen LogP contribution in [0.1, 0.15) is 87.1 Å². The number of carbonyl (C=O) groups is 3. The van der Waals surface area contributed by atoms with E-state index in [4.69, 9.17) is 14.2 Å². The Morgan fingerprint density at radius 3 is 2.15 bits per heavy atom. The van der Waals surface area contributed by atoms with E-state index in [9.17, 15) is 14.4 Å². The second kappa shape index (κ2) is 18.8. The predicted octanol–water partition coefficient (Wildman–Crippen LogP) is 6.17. The average molecular weight is 619 g/mol. The normalized spacial score (nSPS) is 10.8. The summed E-state index contributed by atoms with van der Waals surface area (Å²) >= 11 is 3.38. The molecule has 9 nitrogen and oxygen atoms in total. The Balaban J connectivity index is 1.78. The van der Waals surface area contributed by atoms with E-state index in [-0.39, 0.29) is 23.8 Å². The van der Waals surface area contributed by atoms with Crippen LogP contribution in [0.3, 0.4) is 0 Å². The summed E-state index contributed by atoms with van der Waals surface area (Å²) in [5.41, 5.74) is 3.11. The molecule has 0 bridgehead atoms. The maximum absolute atomic E-state index is 12.7. The van der Waals surface area contributed by atoms with Gasteiger partial charge in [0, 0.05) is 16.5 Å². The molecule has 0 spiro atoms. The summed E-state index contributed by atoms with van der Waals surface area (Å²) in [6, 6.07) is 9.73. The van der Waals surface area contributed by atoms with Gasteiger partial charge >= 0.3 is 5.97 Å². The second-order valence-electron chi connectivity index (χ2n) is 9.29. The van der Waals surface area contributed by atoms with E-state index in [1.54, 1.807) is 30.3 Å². The van der Waals surface area contributed by atoms with Gasteiger partial charge in [0.1, 0.15) is 5.75 Å². The van der Waals surface area contributed by atoms with E-state index >= 15 is 0 Å². The zero-order valence-corrected chi connectivity index (χ0v) is 25.2. The maximum atomic E-state index is 12.7. The van der Waals surface area contributed by atoms with Crippen LogP contribution >= 0.6 is 15.9 Å². The van der Waals surface area contributed by atoms with Gasteiger partial charge in [-0.3, -0.25) is 9.59 Å². The molecular weight excluding hydrogens is 578 g/mol. The van der Waals surface area contributed by atoms with Crippen molar-refractivity contribution < 1.29 is 28.6 Å². The summed E-state index contributed by atoms with van der Waals surface area (Å²) in [5.74, 6) is -0.0793. The molecule has 40 heavy (non-hydrogen) atoms. The van der Waals surface area contributed by atoms with Crippen molar-refractivity contribution in [2.24, 2.45) is 5.10 Å². The molecule has 2 aromatic carbocycles. The van der Waals surface area contributed by atoms with E-state index in [0.29, 0.717) is 23.5 Å². The van der Waals surface area contributed by atoms with Gasteiger partial charge in [-0.15, -0.1) is 0 Å². The molecule has 2 amide bonds. The van der Waals surface area contributed by atoms with Gasteiger partial charge in [-0.25, -0.2) is 10.2 Å². The molecule has 0 fully saturated rings. The van der Waals surface area contributed by atoms with Gasteiger partial charge in [-0.2, -0.15) is 5.10 Å². The first-order valence-electron chi connectivity index (χ1n) is 13.7. The van der Waals surface area contributed by atoms with Crippen LogP contribution in [0.2, 0.25) is 0 Å². The third-order valence-electron chi connectivity index (χ3n) is 6.14. The number of esters is 1. The number of amides is 2. The number of hydrazone groups is 1. The Labute approximate surface area is 245 Å². The Morgan fingerprint density at radius 1 is 0.825 bits per heavy atom. The van der Waals surface area contributed by atoms with Crippen LogP contribution in [0, 0.1) is 0 Å². The van der Waals surface area contributed by atoms with Crippen molar-refractivity contribution in [2.75, 3.05) is 20.8 Å². The lowest BCUT2D eigenvalue weighted by Crippen LogP contribution is -2.34. The first-order valence-corrected chi connectivity index (χ1v) is 14.5. The van der Waals surface area contributed by atoms with Crippen molar-refractivity contribution in [1.82, 2.24) is 10.7 Å². The Kier molecular flexibility index (Phi) is 15.4. The minimum Gasteiger partial charge on any atom is -0.493 e. The summed E-state index contributed by atoms with van der Waals surface area (Å²) in [6.45, 7) is 2.04. The smallest absolute Gasteiger partial charge is 0.343 e. The van der Waals surface area contributed by atoms with Crippen LogP contribution in [0.4, 0.5) is 0 Å². The molecule has 2 aromatic rings. The molecule has 0 heterocycles. The Morgan fingerprint density at radius 2 is 1.48 bits per heavy atom. The van der Waals surface area contributed by atoms with Crippen LogP contribution in [0.25, 0.3) is 0 Å². The molecule has 0 unspecified atom stereocenters. The van der Waals surface area contributed by atoms with Crippen molar-refractivity contribution in [2.45, 2.75) is 71.1 Å². The molecule has 0 saturated heterocycles. The highest BCUT2D eigenvalue weighted by molar-refractivity contribution is 9.10. The Hall–Kier alpha value is -3.40. The number of hydrogen-bond donors (Lipinski definition) is 2. The fourth-order valence-electron chi connectivity index (χ4n) is 3.91. The number of nitrogens with one attached hydrogen (secondary N) is 2. The number of unbranched alkanes of at least 4 members (excludes halogenated alkanes) is 8. The van der Waals surface area contributed by atoms with E-state index in [1.165, 1.54) is 65.0 Å². The lowest BCUT2D eigenvalue weighted by molar-refractivity contribution is -0.126.